The molecule has 0 unspecified atom stereocenters. The fourth-order valence-corrected chi connectivity index (χ4v) is 4.13. The number of aryl methyl sites for hydroxylation is 1. The standard InChI is InChI=1S/C21H25ClN2O4S/c1-15(2)23-21(26)18-11-10-17(22)13-19(18)24-20(25)14-29(27,28)12-6-9-16-7-4-3-5-8-16/h3-5,7-8,10-11,13,15H,6,9,12,14H2,1-2H3,(H,23,26)(H,24,25). The molecule has 0 aromatic heterocycles. The van der Waals surface area contributed by atoms with Crippen molar-refractivity contribution in [3.63, 3.8) is 0 Å². The van der Waals surface area contributed by atoms with Crippen molar-refractivity contribution in [1.82, 2.24) is 5.32 Å². The summed E-state index contributed by atoms with van der Waals surface area (Å²) in [5, 5.41) is 5.56. The quantitative estimate of drug-likeness (QED) is 0.629. The Hall–Kier alpha value is -2.38. The van der Waals surface area contributed by atoms with Crippen LogP contribution in [0.2, 0.25) is 5.02 Å². The number of benzene rings is 2. The third-order valence-corrected chi connectivity index (χ3v) is 5.88. The molecular weight excluding hydrogens is 412 g/mol. The third kappa shape index (κ3) is 7.87. The average Bonchev–Trinajstić information content (AvgIpc) is 2.61. The number of carbonyl (C=O) groups excluding carboxylic acids is 2. The van der Waals surface area contributed by atoms with E-state index in [1.54, 1.807) is 0 Å². The van der Waals surface area contributed by atoms with E-state index in [2.05, 4.69) is 10.6 Å². The lowest BCUT2D eigenvalue weighted by Crippen LogP contribution is -2.31. The van der Waals surface area contributed by atoms with Gasteiger partial charge < -0.3 is 10.6 Å². The van der Waals surface area contributed by atoms with Gasteiger partial charge >= 0.3 is 0 Å². The summed E-state index contributed by atoms with van der Waals surface area (Å²) in [6.07, 6.45) is 1.05. The first-order chi connectivity index (χ1) is 13.7. The van der Waals surface area contributed by atoms with Crippen LogP contribution in [0.4, 0.5) is 5.69 Å². The van der Waals surface area contributed by atoms with E-state index in [0.29, 0.717) is 17.9 Å². The summed E-state index contributed by atoms with van der Waals surface area (Å²) in [7, 11) is -3.58. The average molecular weight is 437 g/mol. The van der Waals surface area contributed by atoms with Gasteiger partial charge in [-0.3, -0.25) is 9.59 Å². The fraction of sp³-hybridized carbons (Fsp3) is 0.333. The van der Waals surface area contributed by atoms with Crippen LogP contribution in [-0.2, 0) is 21.1 Å². The maximum Gasteiger partial charge on any atom is 0.253 e. The number of rotatable bonds is 9. The van der Waals surface area contributed by atoms with Gasteiger partial charge in [-0.2, -0.15) is 0 Å². The van der Waals surface area contributed by atoms with Crippen LogP contribution in [0, 0.1) is 0 Å². The van der Waals surface area contributed by atoms with E-state index >= 15 is 0 Å². The number of amides is 2. The molecule has 0 heterocycles. The van der Waals surface area contributed by atoms with Crippen molar-refractivity contribution >= 4 is 38.9 Å². The minimum atomic E-state index is -3.58. The SMILES string of the molecule is CC(C)NC(=O)c1ccc(Cl)cc1NC(=O)CS(=O)(=O)CCCc1ccccc1. The highest BCUT2D eigenvalue weighted by molar-refractivity contribution is 7.92. The molecule has 2 rings (SSSR count). The van der Waals surface area contributed by atoms with Gasteiger partial charge in [0.1, 0.15) is 5.75 Å². The van der Waals surface area contributed by atoms with E-state index in [0.717, 1.165) is 5.56 Å². The van der Waals surface area contributed by atoms with Crippen molar-refractivity contribution in [3.05, 3.63) is 64.7 Å². The molecule has 0 aliphatic carbocycles. The van der Waals surface area contributed by atoms with Crippen LogP contribution in [0.5, 0.6) is 0 Å². The van der Waals surface area contributed by atoms with E-state index in [4.69, 9.17) is 11.6 Å². The number of hydrogen-bond donors (Lipinski definition) is 2. The number of sulfone groups is 1. The van der Waals surface area contributed by atoms with Gasteiger partial charge in [0.2, 0.25) is 5.91 Å². The lowest BCUT2D eigenvalue weighted by molar-refractivity contribution is -0.113. The van der Waals surface area contributed by atoms with Gasteiger partial charge in [-0.15, -0.1) is 0 Å². The summed E-state index contributed by atoms with van der Waals surface area (Å²) in [5.74, 6) is -1.83. The van der Waals surface area contributed by atoms with Crippen LogP contribution in [0.15, 0.2) is 48.5 Å². The smallest absolute Gasteiger partial charge is 0.253 e. The zero-order chi connectivity index (χ0) is 21.4. The Morgan fingerprint density at radius 1 is 1.07 bits per heavy atom. The summed E-state index contributed by atoms with van der Waals surface area (Å²) in [6, 6.07) is 13.9. The molecular formula is C21H25ClN2O4S. The summed E-state index contributed by atoms with van der Waals surface area (Å²) in [4.78, 5) is 24.6. The minimum Gasteiger partial charge on any atom is -0.350 e. The maximum absolute atomic E-state index is 12.3. The Kier molecular flexibility index (Phi) is 8.22. The molecule has 156 valence electrons. The first kappa shape index (κ1) is 22.9. The molecule has 6 nitrogen and oxygen atoms in total. The predicted octanol–water partition coefficient (Wildman–Crippen LogP) is 3.46. The maximum atomic E-state index is 12.3. The second kappa shape index (κ2) is 10.4. The fourth-order valence-electron chi connectivity index (χ4n) is 2.76. The van der Waals surface area contributed by atoms with Crippen molar-refractivity contribution < 1.29 is 18.0 Å². The van der Waals surface area contributed by atoms with Gasteiger partial charge in [-0.05, 0) is 50.5 Å². The molecule has 2 N–H and O–H groups in total. The molecule has 8 heteroatoms. The highest BCUT2D eigenvalue weighted by Gasteiger charge is 2.19. The summed E-state index contributed by atoms with van der Waals surface area (Å²) in [5.41, 5.74) is 1.45. The molecule has 0 spiro atoms. The Morgan fingerprint density at radius 3 is 2.41 bits per heavy atom. The van der Waals surface area contributed by atoms with Crippen molar-refractivity contribution in [3.8, 4) is 0 Å². The van der Waals surface area contributed by atoms with E-state index in [1.807, 2.05) is 44.2 Å². The number of halogens is 1. The third-order valence-electron chi connectivity index (χ3n) is 4.03. The lowest BCUT2D eigenvalue weighted by Gasteiger charge is -2.14. The predicted molar refractivity (Wildman–Crippen MR) is 116 cm³/mol. The summed E-state index contributed by atoms with van der Waals surface area (Å²) >= 11 is 5.97. The van der Waals surface area contributed by atoms with Gasteiger partial charge in [-0.25, -0.2) is 8.42 Å². The topological polar surface area (TPSA) is 92.3 Å². The van der Waals surface area contributed by atoms with Crippen LogP contribution in [0.1, 0.15) is 36.2 Å². The van der Waals surface area contributed by atoms with Crippen molar-refractivity contribution in [2.45, 2.75) is 32.7 Å². The van der Waals surface area contributed by atoms with E-state index in [9.17, 15) is 18.0 Å². The van der Waals surface area contributed by atoms with Gasteiger partial charge in [0.25, 0.3) is 5.91 Å². The van der Waals surface area contributed by atoms with Gasteiger partial charge in [0, 0.05) is 11.1 Å². The van der Waals surface area contributed by atoms with Gasteiger partial charge in [-0.1, -0.05) is 41.9 Å². The van der Waals surface area contributed by atoms with Crippen LogP contribution >= 0.6 is 11.6 Å². The van der Waals surface area contributed by atoms with E-state index < -0.39 is 21.5 Å². The van der Waals surface area contributed by atoms with Crippen molar-refractivity contribution in [1.29, 1.82) is 0 Å². The number of nitrogens with one attached hydrogen (secondary N) is 2. The Bertz CT molecular complexity index is 960. The second-order valence-electron chi connectivity index (χ2n) is 7.05. The van der Waals surface area contributed by atoms with Gasteiger partial charge in [0.05, 0.1) is 17.0 Å². The molecule has 0 bridgehead atoms. The van der Waals surface area contributed by atoms with Crippen LogP contribution in [0.3, 0.4) is 0 Å². The minimum absolute atomic E-state index is 0.0910. The van der Waals surface area contributed by atoms with Gasteiger partial charge in [0.15, 0.2) is 9.84 Å². The molecule has 29 heavy (non-hydrogen) atoms. The molecule has 0 atom stereocenters. The molecule has 2 amide bonds. The molecule has 0 radical (unpaired) electrons. The molecule has 0 aliphatic rings. The zero-order valence-corrected chi connectivity index (χ0v) is 18.0. The van der Waals surface area contributed by atoms with Crippen molar-refractivity contribution in [2.75, 3.05) is 16.8 Å². The Labute approximate surface area is 176 Å². The van der Waals surface area contributed by atoms with Crippen LogP contribution in [0.25, 0.3) is 0 Å². The highest BCUT2D eigenvalue weighted by Crippen LogP contribution is 2.21. The zero-order valence-electron chi connectivity index (χ0n) is 16.4. The first-order valence-electron chi connectivity index (χ1n) is 9.31. The van der Waals surface area contributed by atoms with E-state index in [1.165, 1.54) is 18.2 Å². The Balaban J connectivity index is 1.98. The van der Waals surface area contributed by atoms with E-state index in [-0.39, 0.29) is 29.0 Å². The molecule has 2 aromatic rings. The molecule has 0 fully saturated rings. The van der Waals surface area contributed by atoms with Crippen molar-refractivity contribution in [2.24, 2.45) is 0 Å². The molecule has 0 saturated carbocycles. The molecule has 0 saturated heterocycles. The second-order valence-corrected chi connectivity index (χ2v) is 9.67. The van der Waals surface area contributed by atoms with Crippen LogP contribution in [-0.4, -0.2) is 37.8 Å². The first-order valence-corrected chi connectivity index (χ1v) is 11.5. The number of carbonyl (C=O) groups is 2. The molecule has 0 aliphatic heterocycles. The normalized spacial score (nSPS) is 11.3. The summed E-state index contributed by atoms with van der Waals surface area (Å²) < 4.78 is 24.6. The van der Waals surface area contributed by atoms with Crippen LogP contribution < -0.4 is 10.6 Å². The Morgan fingerprint density at radius 2 is 1.76 bits per heavy atom. The number of anilines is 1. The molecule has 2 aromatic carbocycles. The highest BCUT2D eigenvalue weighted by atomic mass is 35.5. The number of hydrogen-bond acceptors (Lipinski definition) is 4. The lowest BCUT2D eigenvalue weighted by atomic mass is 10.1. The largest absolute Gasteiger partial charge is 0.350 e. The monoisotopic (exact) mass is 436 g/mol. The summed E-state index contributed by atoms with van der Waals surface area (Å²) in [6.45, 7) is 3.63.